The molecule has 1 aliphatic carbocycles. The number of Topliss-reactive ketones (excluding diaryl/α,β-unsaturated/α-hetero) is 1. The summed E-state index contributed by atoms with van der Waals surface area (Å²) in [4.78, 5) is 23.0. The molecule has 0 aromatic carbocycles. The van der Waals surface area contributed by atoms with Crippen molar-refractivity contribution >= 4 is 22.6 Å². The maximum absolute atomic E-state index is 11.7. The molecule has 0 aromatic rings. The van der Waals surface area contributed by atoms with Gasteiger partial charge >= 0.3 is 0 Å². The molecule has 0 spiro atoms. The second-order valence-electron chi connectivity index (χ2n) is 4.02. The van der Waals surface area contributed by atoms with E-state index in [9.17, 15) is 9.59 Å². The fourth-order valence-electron chi connectivity index (χ4n) is 2.05. The zero-order chi connectivity index (χ0) is 11.3. The Hall–Kier alpha value is -0.630. The smallest absolute Gasteiger partial charge is 0.232 e. The van der Waals surface area contributed by atoms with Crippen LogP contribution < -0.4 is 0 Å². The van der Waals surface area contributed by atoms with Crippen LogP contribution in [0.5, 0.6) is 0 Å². The van der Waals surface area contributed by atoms with E-state index in [1.165, 1.54) is 0 Å². The highest BCUT2D eigenvalue weighted by Gasteiger charge is 2.31. The van der Waals surface area contributed by atoms with Gasteiger partial charge in [-0.15, -0.1) is 0 Å². The molecule has 3 heteroatoms. The predicted octanol–water partition coefficient (Wildman–Crippen LogP) is 3.09. The Morgan fingerprint density at radius 3 is 2.73 bits per heavy atom. The summed E-state index contributed by atoms with van der Waals surface area (Å²) in [5.41, 5.74) is 0. The third-order valence-electron chi connectivity index (χ3n) is 2.81. The van der Waals surface area contributed by atoms with E-state index in [0.29, 0.717) is 6.42 Å². The molecule has 1 aliphatic rings. The lowest BCUT2D eigenvalue weighted by Gasteiger charge is -2.22. The van der Waals surface area contributed by atoms with E-state index in [1.807, 2.05) is 19.1 Å². The first-order chi connectivity index (χ1) is 7.16. The molecule has 0 saturated heterocycles. The van der Waals surface area contributed by atoms with Gasteiger partial charge < -0.3 is 0 Å². The minimum atomic E-state index is -0.608. The van der Waals surface area contributed by atoms with Crippen molar-refractivity contribution in [3.8, 4) is 0 Å². The van der Waals surface area contributed by atoms with E-state index in [-0.39, 0.29) is 11.7 Å². The van der Waals surface area contributed by atoms with Gasteiger partial charge in [0.15, 0.2) is 0 Å². The van der Waals surface area contributed by atoms with Gasteiger partial charge in [-0.05, 0) is 43.2 Å². The molecular formula is C12H17ClO2. The molecule has 0 amide bonds. The molecule has 0 fully saturated rings. The number of carbonyl (C=O) groups is 2. The molecule has 0 aliphatic heterocycles. The third-order valence-corrected chi connectivity index (χ3v) is 3.04. The molecule has 0 heterocycles. The van der Waals surface area contributed by atoms with Gasteiger partial charge in [0.25, 0.3) is 0 Å². The summed E-state index contributed by atoms with van der Waals surface area (Å²) in [7, 11) is 0. The van der Waals surface area contributed by atoms with Gasteiger partial charge in [0, 0.05) is 6.42 Å². The van der Waals surface area contributed by atoms with Gasteiger partial charge in [0.1, 0.15) is 5.78 Å². The van der Waals surface area contributed by atoms with E-state index >= 15 is 0 Å². The SMILES string of the molecule is CCCC(=O)C(C(=O)Cl)C1C=CCCC1. The molecule has 0 radical (unpaired) electrons. The Labute approximate surface area is 95.7 Å². The van der Waals surface area contributed by atoms with E-state index in [4.69, 9.17) is 11.6 Å². The van der Waals surface area contributed by atoms with Crippen LogP contribution >= 0.6 is 11.6 Å². The van der Waals surface area contributed by atoms with Crippen molar-refractivity contribution < 1.29 is 9.59 Å². The quantitative estimate of drug-likeness (QED) is 0.412. The van der Waals surface area contributed by atoms with E-state index in [2.05, 4.69) is 0 Å². The fraction of sp³-hybridized carbons (Fsp3) is 0.667. The number of allylic oxidation sites excluding steroid dienone is 2. The highest BCUT2D eigenvalue weighted by atomic mass is 35.5. The zero-order valence-electron chi connectivity index (χ0n) is 9.04. The molecule has 2 atom stereocenters. The molecule has 0 aromatic heterocycles. The topological polar surface area (TPSA) is 34.1 Å². The van der Waals surface area contributed by atoms with Crippen molar-refractivity contribution in [1.82, 2.24) is 0 Å². The van der Waals surface area contributed by atoms with Crippen LogP contribution in [-0.4, -0.2) is 11.0 Å². The van der Waals surface area contributed by atoms with Gasteiger partial charge in [0.05, 0.1) is 5.92 Å². The van der Waals surface area contributed by atoms with Crippen LogP contribution in [0.4, 0.5) is 0 Å². The Bertz CT molecular complexity index is 271. The summed E-state index contributed by atoms with van der Waals surface area (Å²) in [5.74, 6) is -0.583. The van der Waals surface area contributed by atoms with Crippen molar-refractivity contribution in [2.45, 2.75) is 39.0 Å². The average molecular weight is 229 g/mol. The minimum absolute atomic E-state index is 0.00551. The van der Waals surface area contributed by atoms with Crippen LogP contribution in [0.2, 0.25) is 0 Å². The number of hydrogen-bond donors (Lipinski definition) is 0. The maximum Gasteiger partial charge on any atom is 0.232 e. The second kappa shape index (κ2) is 6.06. The number of halogens is 1. The summed E-state index contributed by atoms with van der Waals surface area (Å²) in [5, 5.41) is -0.495. The lowest BCUT2D eigenvalue weighted by molar-refractivity contribution is -0.130. The Morgan fingerprint density at radius 1 is 1.53 bits per heavy atom. The molecule has 1 rings (SSSR count). The highest BCUT2D eigenvalue weighted by Crippen LogP contribution is 2.28. The summed E-state index contributed by atoms with van der Waals surface area (Å²) < 4.78 is 0. The van der Waals surface area contributed by atoms with Crippen LogP contribution in [0, 0.1) is 11.8 Å². The van der Waals surface area contributed by atoms with Crippen molar-refractivity contribution in [3.05, 3.63) is 12.2 Å². The normalized spacial score (nSPS) is 22.4. The highest BCUT2D eigenvalue weighted by molar-refractivity contribution is 6.65. The van der Waals surface area contributed by atoms with Crippen LogP contribution in [0.3, 0.4) is 0 Å². The average Bonchev–Trinajstić information content (AvgIpc) is 2.19. The van der Waals surface area contributed by atoms with Crippen molar-refractivity contribution in [2.24, 2.45) is 11.8 Å². The van der Waals surface area contributed by atoms with Gasteiger partial charge in [-0.25, -0.2) is 0 Å². The number of hydrogen-bond acceptors (Lipinski definition) is 2. The summed E-state index contributed by atoms with van der Waals surface area (Å²) in [6.07, 6.45) is 8.23. The van der Waals surface area contributed by atoms with E-state index in [1.54, 1.807) is 0 Å². The lowest BCUT2D eigenvalue weighted by atomic mass is 9.82. The van der Waals surface area contributed by atoms with Crippen LogP contribution in [-0.2, 0) is 9.59 Å². The largest absolute Gasteiger partial charge is 0.299 e. The molecule has 0 N–H and O–H groups in total. The molecule has 0 bridgehead atoms. The standard InChI is InChI=1S/C12H17ClO2/c1-2-6-10(14)11(12(13)15)9-7-4-3-5-8-9/h4,7,9,11H,2-3,5-6,8H2,1H3. The molecule has 2 unspecified atom stereocenters. The van der Waals surface area contributed by atoms with Gasteiger partial charge in [-0.3, -0.25) is 9.59 Å². The number of ketones is 1. The first kappa shape index (κ1) is 12.4. The molecule has 0 saturated carbocycles. The summed E-state index contributed by atoms with van der Waals surface area (Å²) >= 11 is 5.51. The molecule has 15 heavy (non-hydrogen) atoms. The van der Waals surface area contributed by atoms with E-state index in [0.717, 1.165) is 25.7 Å². The molecule has 84 valence electrons. The fourth-order valence-corrected chi connectivity index (χ4v) is 2.34. The predicted molar refractivity (Wildman–Crippen MR) is 60.7 cm³/mol. The molecular weight excluding hydrogens is 212 g/mol. The van der Waals surface area contributed by atoms with Gasteiger partial charge in [0.2, 0.25) is 5.24 Å². The Kier molecular flexibility index (Phi) is 5.03. The van der Waals surface area contributed by atoms with Crippen molar-refractivity contribution in [1.29, 1.82) is 0 Å². The lowest BCUT2D eigenvalue weighted by Crippen LogP contribution is -2.28. The first-order valence-electron chi connectivity index (χ1n) is 5.55. The zero-order valence-corrected chi connectivity index (χ0v) is 9.80. The van der Waals surface area contributed by atoms with Crippen molar-refractivity contribution in [2.75, 3.05) is 0 Å². The third kappa shape index (κ3) is 3.45. The van der Waals surface area contributed by atoms with Gasteiger partial charge in [-0.1, -0.05) is 19.1 Å². The number of rotatable bonds is 5. The second-order valence-corrected chi connectivity index (χ2v) is 4.39. The van der Waals surface area contributed by atoms with E-state index < -0.39 is 11.2 Å². The molecule has 2 nitrogen and oxygen atoms in total. The van der Waals surface area contributed by atoms with Gasteiger partial charge in [-0.2, -0.15) is 0 Å². The van der Waals surface area contributed by atoms with Crippen LogP contribution in [0.1, 0.15) is 39.0 Å². The number of carbonyl (C=O) groups excluding carboxylic acids is 2. The monoisotopic (exact) mass is 228 g/mol. The Balaban J connectivity index is 2.72. The van der Waals surface area contributed by atoms with Crippen LogP contribution in [0.15, 0.2) is 12.2 Å². The van der Waals surface area contributed by atoms with Crippen molar-refractivity contribution in [3.63, 3.8) is 0 Å². The first-order valence-corrected chi connectivity index (χ1v) is 5.93. The maximum atomic E-state index is 11.7. The van der Waals surface area contributed by atoms with Crippen LogP contribution in [0.25, 0.3) is 0 Å². The summed E-state index contributed by atoms with van der Waals surface area (Å²) in [6.45, 7) is 1.93. The Morgan fingerprint density at radius 2 is 2.27 bits per heavy atom. The minimum Gasteiger partial charge on any atom is -0.299 e. The summed E-state index contributed by atoms with van der Waals surface area (Å²) in [6, 6.07) is 0.